The monoisotopic (exact) mass is 224 g/mol. The smallest absolute Gasteiger partial charge is 0.212 e. The molecule has 2 N–H and O–H groups in total. The minimum atomic E-state index is -1.53. The summed E-state index contributed by atoms with van der Waals surface area (Å²) in [4.78, 5) is 0. The fraction of sp³-hybridized carbons (Fsp3) is 0.455. The summed E-state index contributed by atoms with van der Waals surface area (Å²) in [6.45, 7) is 2.06. The second-order valence-electron chi connectivity index (χ2n) is 4.02. The molecule has 0 aromatic heterocycles. The van der Waals surface area contributed by atoms with E-state index in [9.17, 15) is 10.2 Å². The van der Waals surface area contributed by atoms with Gasteiger partial charge in [-0.25, -0.2) is 0 Å². The molecule has 0 spiro atoms. The summed E-state index contributed by atoms with van der Waals surface area (Å²) in [6, 6.07) is 9.01. The van der Waals surface area contributed by atoms with Crippen molar-refractivity contribution in [2.75, 3.05) is 0 Å². The van der Waals surface area contributed by atoms with E-state index in [4.69, 9.17) is 4.43 Å². The number of benzene rings is 1. The summed E-state index contributed by atoms with van der Waals surface area (Å²) in [5.74, 6) is 0. The zero-order chi connectivity index (χ0) is 10.8. The van der Waals surface area contributed by atoms with E-state index in [2.05, 4.69) is 19.1 Å². The predicted molar refractivity (Wildman–Crippen MR) is 60.5 cm³/mol. The van der Waals surface area contributed by atoms with Crippen LogP contribution in [-0.4, -0.2) is 31.6 Å². The van der Waals surface area contributed by atoms with Crippen molar-refractivity contribution in [3.63, 3.8) is 0 Å². The van der Waals surface area contributed by atoms with E-state index in [-0.39, 0.29) is 0 Å². The zero-order valence-electron chi connectivity index (χ0n) is 8.76. The van der Waals surface area contributed by atoms with Crippen LogP contribution in [0.15, 0.2) is 24.3 Å². The molecule has 1 aromatic rings. The first-order valence-electron chi connectivity index (χ1n) is 5.25. The fourth-order valence-corrected chi connectivity index (χ4v) is 4.65. The maximum absolute atomic E-state index is 9.46. The van der Waals surface area contributed by atoms with Gasteiger partial charge >= 0.3 is 0 Å². The predicted octanol–water partition coefficient (Wildman–Crippen LogP) is 0.0254. The standard InChI is InChI=1S/C11H16O3Si/c1-8-4-2-3-5-10(8)15-7-6-9(12)11(13)14-15/h2-5,9,11-13,15H,6-7H2,1H3. The molecule has 1 fully saturated rings. The molecule has 1 saturated heterocycles. The van der Waals surface area contributed by atoms with Gasteiger partial charge in [0, 0.05) is 0 Å². The largest absolute Gasteiger partial charge is 0.389 e. The van der Waals surface area contributed by atoms with Crippen LogP contribution in [0.1, 0.15) is 12.0 Å². The fourth-order valence-electron chi connectivity index (χ4n) is 1.97. The number of aryl methyl sites for hydroxylation is 1. The molecule has 4 heteroatoms. The number of aliphatic hydroxyl groups is 2. The Hall–Kier alpha value is -0.683. The number of hydrogen-bond acceptors (Lipinski definition) is 3. The van der Waals surface area contributed by atoms with Gasteiger partial charge in [-0.2, -0.15) is 0 Å². The second-order valence-corrected chi connectivity index (χ2v) is 6.47. The first-order valence-corrected chi connectivity index (χ1v) is 7.12. The summed E-state index contributed by atoms with van der Waals surface area (Å²) in [7, 11) is -1.53. The maximum atomic E-state index is 9.46. The van der Waals surface area contributed by atoms with Crippen LogP contribution in [0.4, 0.5) is 0 Å². The molecule has 0 aliphatic carbocycles. The lowest BCUT2D eigenvalue weighted by atomic mass is 10.2. The molecule has 1 aliphatic heterocycles. The van der Waals surface area contributed by atoms with Gasteiger partial charge in [-0.15, -0.1) is 0 Å². The van der Waals surface area contributed by atoms with Crippen LogP contribution in [-0.2, 0) is 4.43 Å². The lowest BCUT2D eigenvalue weighted by Gasteiger charge is -2.30. The Kier molecular flexibility index (Phi) is 3.21. The lowest BCUT2D eigenvalue weighted by Crippen LogP contribution is -2.47. The molecule has 3 nitrogen and oxygen atoms in total. The average Bonchev–Trinajstić information content (AvgIpc) is 2.23. The topological polar surface area (TPSA) is 49.7 Å². The number of hydrogen-bond donors (Lipinski definition) is 2. The van der Waals surface area contributed by atoms with Crippen LogP contribution in [0.5, 0.6) is 0 Å². The molecule has 82 valence electrons. The Labute approximate surface area is 91.1 Å². The first-order chi connectivity index (χ1) is 7.18. The van der Waals surface area contributed by atoms with Crippen LogP contribution >= 0.6 is 0 Å². The highest BCUT2D eigenvalue weighted by Gasteiger charge is 2.30. The van der Waals surface area contributed by atoms with Gasteiger partial charge in [-0.05, 0) is 30.1 Å². The third kappa shape index (κ3) is 2.29. The number of rotatable bonds is 1. The molecule has 2 rings (SSSR count). The van der Waals surface area contributed by atoms with E-state index in [0.29, 0.717) is 6.42 Å². The lowest BCUT2D eigenvalue weighted by molar-refractivity contribution is -0.116. The van der Waals surface area contributed by atoms with Crippen molar-refractivity contribution in [1.29, 1.82) is 0 Å². The Balaban J connectivity index is 2.15. The van der Waals surface area contributed by atoms with Gasteiger partial charge in [-0.3, -0.25) is 0 Å². The third-order valence-corrected chi connectivity index (χ3v) is 5.70. The normalized spacial score (nSPS) is 31.5. The highest BCUT2D eigenvalue weighted by atomic mass is 28.3. The maximum Gasteiger partial charge on any atom is 0.212 e. The molecule has 0 radical (unpaired) electrons. The average molecular weight is 224 g/mol. The van der Waals surface area contributed by atoms with Crippen molar-refractivity contribution in [2.45, 2.75) is 31.8 Å². The zero-order valence-corrected chi connectivity index (χ0v) is 9.91. The summed E-state index contributed by atoms with van der Waals surface area (Å²) in [5, 5.41) is 20.1. The van der Waals surface area contributed by atoms with Crippen LogP contribution in [0.3, 0.4) is 0 Å². The molecule has 3 atom stereocenters. The van der Waals surface area contributed by atoms with Crippen molar-refractivity contribution in [2.24, 2.45) is 0 Å². The molecule has 0 bridgehead atoms. The molecular weight excluding hydrogens is 208 g/mol. The minimum absolute atomic E-state index is 0.645. The van der Waals surface area contributed by atoms with Crippen LogP contribution in [0, 0.1) is 6.92 Å². The Morgan fingerprint density at radius 2 is 2.07 bits per heavy atom. The van der Waals surface area contributed by atoms with Gasteiger partial charge in [0.1, 0.15) is 6.10 Å². The van der Waals surface area contributed by atoms with Crippen molar-refractivity contribution in [3.05, 3.63) is 29.8 Å². The summed E-state index contributed by atoms with van der Waals surface area (Å²) < 4.78 is 5.51. The quantitative estimate of drug-likeness (QED) is 0.662. The Bertz CT molecular complexity index is 342. The van der Waals surface area contributed by atoms with Crippen LogP contribution in [0.2, 0.25) is 6.04 Å². The second kappa shape index (κ2) is 4.45. The van der Waals surface area contributed by atoms with Crippen LogP contribution in [0.25, 0.3) is 0 Å². The SMILES string of the molecule is Cc1ccccc1[SiH]1CCC(O)C(O)O1. The van der Waals surface area contributed by atoms with Gasteiger partial charge in [-0.1, -0.05) is 24.3 Å². The van der Waals surface area contributed by atoms with E-state index < -0.39 is 21.4 Å². The van der Waals surface area contributed by atoms with Crippen LogP contribution < -0.4 is 5.19 Å². The molecule has 3 unspecified atom stereocenters. The van der Waals surface area contributed by atoms with E-state index in [0.717, 1.165) is 6.04 Å². The van der Waals surface area contributed by atoms with Gasteiger partial charge in [0.15, 0.2) is 6.29 Å². The minimum Gasteiger partial charge on any atom is -0.389 e. The van der Waals surface area contributed by atoms with E-state index >= 15 is 0 Å². The Morgan fingerprint density at radius 1 is 1.33 bits per heavy atom. The molecule has 0 saturated carbocycles. The molecule has 0 amide bonds. The molecular formula is C11H16O3Si. The summed E-state index contributed by atoms with van der Waals surface area (Å²) >= 11 is 0. The molecule has 1 heterocycles. The molecule has 1 aliphatic rings. The first kappa shape index (κ1) is 10.8. The van der Waals surface area contributed by atoms with Crippen molar-refractivity contribution in [1.82, 2.24) is 0 Å². The highest BCUT2D eigenvalue weighted by molar-refractivity contribution is 6.68. The van der Waals surface area contributed by atoms with E-state index in [1.165, 1.54) is 10.8 Å². The van der Waals surface area contributed by atoms with E-state index in [1.54, 1.807) is 0 Å². The highest BCUT2D eigenvalue weighted by Crippen LogP contribution is 2.17. The van der Waals surface area contributed by atoms with Crippen molar-refractivity contribution >= 4 is 14.2 Å². The van der Waals surface area contributed by atoms with Gasteiger partial charge in [0.05, 0.1) is 0 Å². The van der Waals surface area contributed by atoms with Gasteiger partial charge in [0.25, 0.3) is 0 Å². The summed E-state index contributed by atoms with van der Waals surface area (Å²) in [6.07, 6.45) is -1.06. The molecule has 1 aromatic carbocycles. The van der Waals surface area contributed by atoms with Gasteiger partial charge in [0.2, 0.25) is 9.04 Å². The molecule has 15 heavy (non-hydrogen) atoms. The Morgan fingerprint density at radius 3 is 2.73 bits per heavy atom. The van der Waals surface area contributed by atoms with E-state index in [1.807, 2.05) is 12.1 Å². The van der Waals surface area contributed by atoms with Gasteiger partial charge < -0.3 is 14.6 Å². The summed E-state index contributed by atoms with van der Waals surface area (Å²) in [5.41, 5.74) is 1.22. The third-order valence-electron chi connectivity index (χ3n) is 2.89. The van der Waals surface area contributed by atoms with Crippen molar-refractivity contribution < 1.29 is 14.6 Å². The van der Waals surface area contributed by atoms with Crippen molar-refractivity contribution in [3.8, 4) is 0 Å². The number of aliphatic hydroxyl groups excluding tert-OH is 2.